The van der Waals surface area contributed by atoms with Gasteiger partial charge in [-0.15, -0.1) is 0 Å². The molecule has 0 radical (unpaired) electrons. The van der Waals surface area contributed by atoms with E-state index in [0.717, 1.165) is 19.2 Å². The van der Waals surface area contributed by atoms with Crippen LogP contribution in [0.25, 0.3) is 0 Å². The van der Waals surface area contributed by atoms with E-state index >= 15 is 0 Å². The molecule has 2 aromatic carbocycles. The van der Waals surface area contributed by atoms with Crippen molar-refractivity contribution in [2.45, 2.75) is 13.1 Å². The van der Waals surface area contributed by atoms with Gasteiger partial charge in [0.15, 0.2) is 0 Å². The second-order valence-electron chi connectivity index (χ2n) is 5.49. The normalized spacial score (nSPS) is 11.0. The second-order valence-corrected chi connectivity index (χ2v) is 5.90. The van der Waals surface area contributed by atoms with Crippen LogP contribution in [-0.2, 0) is 10.9 Å². The molecule has 0 bridgehead atoms. The monoisotopic (exact) mass is 398 g/mol. The van der Waals surface area contributed by atoms with E-state index in [-0.39, 0.29) is 27.5 Å². The Labute approximate surface area is 157 Å². The molecular weight excluding hydrogens is 385 g/mol. The van der Waals surface area contributed by atoms with E-state index in [9.17, 15) is 22.8 Å². The zero-order valence-electron chi connectivity index (χ0n) is 14.2. The van der Waals surface area contributed by atoms with Crippen LogP contribution in [0.5, 0.6) is 0 Å². The number of anilines is 1. The second kappa shape index (κ2) is 7.79. The van der Waals surface area contributed by atoms with Crippen molar-refractivity contribution in [1.29, 1.82) is 5.41 Å². The molecule has 0 fully saturated rings. The number of esters is 1. The number of alkyl halides is 3. The summed E-state index contributed by atoms with van der Waals surface area (Å²) >= 11 is 5.83. The van der Waals surface area contributed by atoms with Gasteiger partial charge in [-0.2, -0.15) is 13.2 Å². The summed E-state index contributed by atoms with van der Waals surface area (Å²) in [6.45, 7) is 1.43. The lowest BCUT2D eigenvalue weighted by Crippen LogP contribution is -2.20. The summed E-state index contributed by atoms with van der Waals surface area (Å²) in [5.41, 5.74) is -1.61. The number of hydrogen-bond acceptors (Lipinski definition) is 4. The predicted octanol–water partition coefficient (Wildman–Crippen LogP) is 4.79. The van der Waals surface area contributed by atoms with Crippen LogP contribution in [0.15, 0.2) is 36.4 Å². The molecule has 5 nitrogen and oxygen atoms in total. The van der Waals surface area contributed by atoms with E-state index in [1.165, 1.54) is 31.2 Å². The van der Waals surface area contributed by atoms with E-state index in [2.05, 4.69) is 10.1 Å². The third-order valence-corrected chi connectivity index (χ3v) is 3.95. The molecule has 2 rings (SSSR count). The van der Waals surface area contributed by atoms with Crippen LogP contribution in [0, 0.1) is 5.41 Å². The highest BCUT2D eigenvalue weighted by atomic mass is 35.5. The van der Waals surface area contributed by atoms with Crippen molar-refractivity contribution in [2.75, 3.05) is 12.4 Å². The van der Waals surface area contributed by atoms with Gasteiger partial charge < -0.3 is 15.5 Å². The Balaban J connectivity index is 2.53. The van der Waals surface area contributed by atoms with Crippen LogP contribution < -0.4 is 5.32 Å². The first-order valence-electron chi connectivity index (χ1n) is 7.51. The maximum absolute atomic E-state index is 13.2. The lowest BCUT2D eigenvalue weighted by molar-refractivity contribution is -0.137. The first-order valence-corrected chi connectivity index (χ1v) is 7.89. The number of amides is 1. The summed E-state index contributed by atoms with van der Waals surface area (Å²) in [5, 5.41) is 9.69. The van der Waals surface area contributed by atoms with Crippen molar-refractivity contribution in [3.8, 4) is 0 Å². The predicted molar refractivity (Wildman–Crippen MR) is 94.7 cm³/mol. The quantitative estimate of drug-likeness (QED) is 0.574. The smallest absolute Gasteiger partial charge is 0.417 e. The van der Waals surface area contributed by atoms with Crippen molar-refractivity contribution in [3.05, 3.63) is 63.7 Å². The van der Waals surface area contributed by atoms with Gasteiger partial charge in [0, 0.05) is 11.3 Å². The molecule has 1 amide bonds. The first kappa shape index (κ1) is 20.4. The minimum Gasteiger partial charge on any atom is -0.465 e. The Morgan fingerprint density at radius 3 is 2.41 bits per heavy atom. The third-order valence-electron chi connectivity index (χ3n) is 3.64. The van der Waals surface area contributed by atoms with Gasteiger partial charge in [0.2, 0.25) is 0 Å². The van der Waals surface area contributed by atoms with Crippen molar-refractivity contribution in [2.24, 2.45) is 0 Å². The average Bonchev–Trinajstić information content (AvgIpc) is 2.59. The maximum Gasteiger partial charge on any atom is 0.417 e. The zero-order chi connectivity index (χ0) is 20.4. The van der Waals surface area contributed by atoms with Crippen LogP contribution in [0.2, 0.25) is 5.02 Å². The highest BCUT2D eigenvalue weighted by Gasteiger charge is 2.36. The number of nitrogens with one attached hydrogen (secondary N) is 2. The average molecular weight is 399 g/mol. The summed E-state index contributed by atoms with van der Waals surface area (Å²) in [4.78, 5) is 24.2. The van der Waals surface area contributed by atoms with E-state index in [4.69, 9.17) is 17.0 Å². The third kappa shape index (κ3) is 4.46. The Morgan fingerprint density at radius 2 is 1.85 bits per heavy atom. The molecule has 0 aliphatic carbocycles. The van der Waals surface area contributed by atoms with Crippen LogP contribution >= 0.6 is 11.6 Å². The SMILES string of the molecule is COC(=O)c1ccc(C(C)=N)c(NC(=O)c2c(Cl)cccc2C(F)(F)F)c1. The van der Waals surface area contributed by atoms with Crippen LogP contribution in [-0.4, -0.2) is 24.7 Å². The van der Waals surface area contributed by atoms with Crippen molar-refractivity contribution < 1.29 is 27.5 Å². The highest BCUT2D eigenvalue weighted by molar-refractivity contribution is 6.34. The van der Waals surface area contributed by atoms with Gasteiger partial charge >= 0.3 is 12.1 Å². The molecule has 0 aliphatic heterocycles. The molecule has 0 saturated heterocycles. The molecule has 0 aliphatic rings. The molecule has 0 heterocycles. The van der Waals surface area contributed by atoms with Gasteiger partial charge in [0.1, 0.15) is 0 Å². The van der Waals surface area contributed by atoms with E-state index in [1.807, 2.05) is 0 Å². The first-order chi connectivity index (χ1) is 12.6. The van der Waals surface area contributed by atoms with E-state index in [1.54, 1.807) is 0 Å². The summed E-state index contributed by atoms with van der Waals surface area (Å²) in [5.74, 6) is -1.81. The molecule has 0 unspecified atom stereocenters. The minimum atomic E-state index is -4.79. The van der Waals surface area contributed by atoms with Crippen molar-refractivity contribution >= 4 is 34.9 Å². The molecule has 0 saturated carbocycles. The molecule has 0 aromatic heterocycles. The molecule has 0 spiro atoms. The van der Waals surface area contributed by atoms with E-state index in [0.29, 0.717) is 0 Å². The van der Waals surface area contributed by atoms with Gasteiger partial charge in [-0.25, -0.2) is 4.79 Å². The number of carbonyl (C=O) groups excluding carboxylic acids is 2. The fourth-order valence-electron chi connectivity index (χ4n) is 2.40. The fraction of sp³-hybridized carbons (Fsp3) is 0.167. The molecule has 142 valence electrons. The lowest BCUT2D eigenvalue weighted by Gasteiger charge is -2.16. The number of hydrogen-bond donors (Lipinski definition) is 2. The van der Waals surface area contributed by atoms with Crippen molar-refractivity contribution in [1.82, 2.24) is 0 Å². The number of ether oxygens (including phenoxy) is 1. The number of halogens is 4. The molecular formula is C18H14ClF3N2O3. The molecule has 27 heavy (non-hydrogen) atoms. The lowest BCUT2D eigenvalue weighted by atomic mass is 10.0. The van der Waals surface area contributed by atoms with Crippen molar-refractivity contribution in [3.63, 3.8) is 0 Å². The van der Waals surface area contributed by atoms with Gasteiger partial charge in [-0.1, -0.05) is 23.7 Å². The van der Waals surface area contributed by atoms with Gasteiger partial charge in [0.25, 0.3) is 5.91 Å². The highest BCUT2D eigenvalue weighted by Crippen LogP contribution is 2.35. The molecule has 0 atom stereocenters. The Hall–Kier alpha value is -2.87. The van der Waals surface area contributed by atoms with E-state index < -0.39 is 29.2 Å². The topological polar surface area (TPSA) is 79.2 Å². The number of benzene rings is 2. The number of rotatable bonds is 4. The fourth-order valence-corrected chi connectivity index (χ4v) is 2.66. The Kier molecular flexibility index (Phi) is 5.90. The minimum absolute atomic E-state index is 0.0107. The standard InChI is InChI=1S/C18H14ClF3N2O3/c1-9(23)11-7-6-10(17(26)27-2)8-14(11)24-16(25)15-12(18(20,21)22)4-3-5-13(15)19/h3-8,23H,1-2H3,(H,24,25). The summed E-state index contributed by atoms with van der Waals surface area (Å²) in [6.07, 6.45) is -4.79. The van der Waals surface area contributed by atoms with Gasteiger partial charge in [-0.05, 0) is 31.2 Å². The summed E-state index contributed by atoms with van der Waals surface area (Å²) < 4.78 is 44.2. The molecule has 2 aromatic rings. The maximum atomic E-state index is 13.2. The van der Waals surface area contributed by atoms with Crippen LogP contribution in [0.3, 0.4) is 0 Å². The molecule has 2 N–H and O–H groups in total. The summed E-state index contributed by atoms with van der Waals surface area (Å²) in [7, 11) is 1.16. The molecule has 9 heteroatoms. The zero-order valence-corrected chi connectivity index (χ0v) is 15.0. The number of methoxy groups -OCH3 is 1. The Bertz CT molecular complexity index is 927. The van der Waals surface area contributed by atoms with Gasteiger partial charge in [-0.3, -0.25) is 4.79 Å². The van der Waals surface area contributed by atoms with Crippen LogP contribution in [0.4, 0.5) is 18.9 Å². The largest absolute Gasteiger partial charge is 0.465 e. The Morgan fingerprint density at radius 1 is 1.19 bits per heavy atom. The van der Waals surface area contributed by atoms with Gasteiger partial charge in [0.05, 0.1) is 34.5 Å². The number of carbonyl (C=O) groups is 2. The van der Waals surface area contributed by atoms with Crippen LogP contribution in [0.1, 0.15) is 38.8 Å². The summed E-state index contributed by atoms with van der Waals surface area (Å²) in [6, 6.07) is 6.99.